The number of nitrogens with one attached hydrogen (secondary N) is 1. The molecule has 1 aromatic carbocycles. The first-order chi connectivity index (χ1) is 11.0. The van der Waals surface area contributed by atoms with Crippen LogP contribution < -0.4 is 10.1 Å². The highest BCUT2D eigenvalue weighted by Gasteiger charge is 2.28. The number of carbonyl (C=O) groups excluding carboxylic acids is 1. The maximum Gasteiger partial charge on any atom is 0.189 e. The van der Waals surface area contributed by atoms with Crippen LogP contribution in [0.3, 0.4) is 0 Å². The Morgan fingerprint density at radius 1 is 1.35 bits per heavy atom. The van der Waals surface area contributed by atoms with Crippen molar-refractivity contribution in [2.24, 2.45) is 0 Å². The Bertz CT molecular complexity index is 764. The molecule has 0 unspecified atom stereocenters. The van der Waals surface area contributed by atoms with Gasteiger partial charge in [0, 0.05) is 40.8 Å². The molecule has 0 saturated carbocycles. The summed E-state index contributed by atoms with van der Waals surface area (Å²) >= 11 is 0. The zero-order valence-corrected chi connectivity index (χ0v) is 13.6. The van der Waals surface area contributed by atoms with Crippen molar-refractivity contribution in [2.75, 3.05) is 7.11 Å². The van der Waals surface area contributed by atoms with E-state index in [1.807, 2.05) is 12.1 Å². The van der Waals surface area contributed by atoms with Crippen LogP contribution in [0.2, 0.25) is 0 Å². The second-order valence-corrected chi connectivity index (χ2v) is 6.37. The van der Waals surface area contributed by atoms with Crippen LogP contribution in [0, 0.1) is 0 Å². The third kappa shape index (κ3) is 3.26. The maximum atomic E-state index is 12.5. The number of rotatable bonds is 3. The highest BCUT2D eigenvalue weighted by atomic mass is 16.5. The molecule has 1 aliphatic rings. The van der Waals surface area contributed by atoms with E-state index in [9.17, 15) is 4.79 Å². The summed E-state index contributed by atoms with van der Waals surface area (Å²) in [5, 5.41) is 3.47. The standard InChI is InChI=1S/C19H20N2O2/c1-19(2)11-13-6-7-15(23-3)9-16(13)17(21-19)10-18(22)14-5-4-8-20-12-14/h4-10,12,21H,11H2,1-3H3. The molecule has 0 fully saturated rings. The molecule has 0 saturated heterocycles. The van der Waals surface area contributed by atoms with Gasteiger partial charge < -0.3 is 10.1 Å². The summed E-state index contributed by atoms with van der Waals surface area (Å²) in [4.78, 5) is 16.5. The van der Waals surface area contributed by atoms with Crippen molar-refractivity contribution in [2.45, 2.75) is 25.8 Å². The molecule has 1 aliphatic heterocycles. The van der Waals surface area contributed by atoms with Crippen LogP contribution in [0.4, 0.5) is 0 Å². The zero-order chi connectivity index (χ0) is 16.4. The summed E-state index contributed by atoms with van der Waals surface area (Å²) < 4.78 is 5.32. The summed E-state index contributed by atoms with van der Waals surface area (Å²) in [7, 11) is 1.64. The fourth-order valence-corrected chi connectivity index (χ4v) is 2.88. The summed E-state index contributed by atoms with van der Waals surface area (Å²) in [6, 6.07) is 9.54. The minimum absolute atomic E-state index is 0.0629. The molecule has 0 bridgehead atoms. The zero-order valence-electron chi connectivity index (χ0n) is 13.6. The molecule has 0 radical (unpaired) electrons. The molecular formula is C19H20N2O2. The predicted octanol–water partition coefficient (Wildman–Crippen LogP) is 3.24. The van der Waals surface area contributed by atoms with Gasteiger partial charge in [-0.05, 0) is 50.1 Å². The maximum absolute atomic E-state index is 12.5. The first-order valence-electron chi connectivity index (χ1n) is 7.60. The fraction of sp³-hybridized carbons (Fsp3) is 0.263. The van der Waals surface area contributed by atoms with Gasteiger partial charge in [-0.25, -0.2) is 0 Å². The van der Waals surface area contributed by atoms with E-state index in [1.165, 1.54) is 5.56 Å². The van der Waals surface area contributed by atoms with Crippen LogP contribution >= 0.6 is 0 Å². The number of allylic oxidation sites excluding steroid dienone is 1. The molecule has 3 rings (SSSR count). The van der Waals surface area contributed by atoms with Gasteiger partial charge in [0.2, 0.25) is 0 Å². The summed E-state index contributed by atoms with van der Waals surface area (Å²) in [6.45, 7) is 4.26. The van der Waals surface area contributed by atoms with Gasteiger partial charge in [0.05, 0.1) is 7.11 Å². The average Bonchev–Trinajstić information content (AvgIpc) is 2.54. The monoisotopic (exact) mass is 308 g/mol. The van der Waals surface area contributed by atoms with Gasteiger partial charge >= 0.3 is 0 Å². The van der Waals surface area contributed by atoms with Crippen LogP contribution in [0.1, 0.15) is 35.3 Å². The molecule has 2 heterocycles. The highest BCUT2D eigenvalue weighted by Crippen LogP contribution is 2.32. The molecular weight excluding hydrogens is 288 g/mol. The molecule has 2 aromatic rings. The lowest BCUT2D eigenvalue weighted by atomic mass is 9.85. The molecule has 4 nitrogen and oxygen atoms in total. The smallest absolute Gasteiger partial charge is 0.189 e. The number of ketones is 1. The summed E-state index contributed by atoms with van der Waals surface area (Å²) in [5.74, 6) is 0.719. The van der Waals surface area contributed by atoms with Crippen molar-refractivity contribution < 1.29 is 9.53 Å². The van der Waals surface area contributed by atoms with Gasteiger partial charge in [0.1, 0.15) is 5.75 Å². The Morgan fingerprint density at radius 2 is 2.17 bits per heavy atom. The van der Waals surface area contributed by atoms with E-state index in [2.05, 4.69) is 30.2 Å². The molecule has 0 spiro atoms. The molecule has 0 aliphatic carbocycles. The number of hydrogen-bond donors (Lipinski definition) is 1. The van der Waals surface area contributed by atoms with Crippen molar-refractivity contribution in [3.63, 3.8) is 0 Å². The van der Waals surface area contributed by atoms with Gasteiger partial charge in [-0.15, -0.1) is 0 Å². The largest absolute Gasteiger partial charge is 0.497 e. The van der Waals surface area contributed by atoms with Crippen LogP contribution in [0.25, 0.3) is 5.70 Å². The van der Waals surface area contributed by atoms with E-state index in [0.717, 1.165) is 23.4 Å². The van der Waals surface area contributed by atoms with Crippen LogP contribution in [0.15, 0.2) is 48.8 Å². The van der Waals surface area contributed by atoms with Crippen LogP contribution in [-0.2, 0) is 6.42 Å². The fourth-order valence-electron chi connectivity index (χ4n) is 2.88. The Kier molecular flexibility index (Phi) is 3.90. The number of methoxy groups -OCH3 is 1. The Morgan fingerprint density at radius 3 is 2.87 bits per heavy atom. The van der Waals surface area contributed by atoms with E-state index >= 15 is 0 Å². The van der Waals surface area contributed by atoms with Crippen LogP contribution in [-0.4, -0.2) is 23.4 Å². The highest BCUT2D eigenvalue weighted by molar-refractivity contribution is 6.08. The molecule has 0 atom stereocenters. The van der Waals surface area contributed by atoms with Gasteiger partial charge in [0.15, 0.2) is 5.78 Å². The molecule has 1 N–H and O–H groups in total. The quantitative estimate of drug-likeness (QED) is 0.698. The molecule has 0 amide bonds. The van der Waals surface area contributed by atoms with Gasteiger partial charge in [0.25, 0.3) is 0 Å². The number of fused-ring (bicyclic) bond motifs is 1. The number of hydrogen-bond acceptors (Lipinski definition) is 4. The lowest BCUT2D eigenvalue weighted by Gasteiger charge is -2.35. The third-order valence-electron chi connectivity index (χ3n) is 3.93. The van der Waals surface area contributed by atoms with Crippen molar-refractivity contribution in [1.82, 2.24) is 10.3 Å². The first kappa shape index (κ1) is 15.3. The SMILES string of the molecule is COc1ccc2c(c1)C(=CC(=O)c1cccnc1)NC(C)(C)C2. The van der Waals surface area contributed by atoms with E-state index < -0.39 is 0 Å². The Hall–Kier alpha value is -2.62. The number of nitrogens with zero attached hydrogens (tertiary/aromatic N) is 1. The van der Waals surface area contributed by atoms with Crippen LogP contribution in [0.5, 0.6) is 5.75 Å². The molecule has 23 heavy (non-hydrogen) atoms. The summed E-state index contributed by atoms with van der Waals surface area (Å²) in [5.41, 5.74) is 3.52. The van der Waals surface area contributed by atoms with Gasteiger partial charge in [-0.1, -0.05) is 6.07 Å². The molecule has 118 valence electrons. The van der Waals surface area contributed by atoms with Gasteiger partial charge in [-0.3, -0.25) is 9.78 Å². The number of aromatic nitrogens is 1. The minimum atomic E-state index is -0.108. The molecule has 1 aromatic heterocycles. The van der Waals surface area contributed by atoms with E-state index in [1.54, 1.807) is 37.7 Å². The Balaban J connectivity index is 2.05. The third-order valence-corrected chi connectivity index (χ3v) is 3.93. The lowest BCUT2D eigenvalue weighted by molar-refractivity contribution is 0.104. The predicted molar refractivity (Wildman–Crippen MR) is 90.5 cm³/mol. The minimum Gasteiger partial charge on any atom is -0.497 e. The normalized spacial score (nSPS) is 17.3. The second kappa shape index (κ2) is 5.88. The lowest BCUT2D eigenvalue weighted by Crippen LogP contribution is -2.43. The average molecular weight is 308 g/mol. The van der Waals surface area contributed by atoms with Crippen molar-refractivity contribution in [3.05, 3.63) is 65.5 Å². The first-order valence-corrected chi connectivity index (χ1v) is 7.60. The number of benzene rings is 1. The number of ether oxygens (including phenoxy) is 1. The van der Waals surface area contributed by atoms with Crippen molar-refractivity contribution >= 4 is 11.5 Å². The molecule has 4 heteroatoms. The van der Waals surface area contributed by atoms with Crippen molar-refractivity contribution in [1.29, 1.82) is 0 Å². The van der Waals surface area contributed by atoms with Crippen molar-refractivity contribution in [3.8, 4) is 5.75 Å². The Labute approximate surface area is 136 Å². The van der Waals surface area contributed by atoms with E-state index in [-0.39, 0.29) is 11.3 Å². The second-order valence-electron chi connectivity index (χ2n) is 6.37. The van der Waals surface area contributed by atoms with Gasteiger partial charge in [-0.2, -0.15) is 0 Å². The van der Waals surface area contributed by atoms with E-state index in [0.29, 0.717) is 5.56 Å². The number of pyridine rings is 1. The number of carbonyl (C=O) groups is 1. The van der Waals surface area contributed by atoms with E-state index in [4.69, 9.17) is 4.74 Å². The summed E-state index contributed by atoms with van der Waals surface area (Å²) in [6.07, 6.45) is 5.78. The topological polar surface area (TPSA) is 51.2 Å².